The minimum absolute atomic E-state index is 0.249. The normalized spacial score (nSPS) is 15.7. The van der Waals surface area contributed by atoms with Crippen LogP contribution < -0.4 is 10.2 Å². The largest absolute Gasteiger partial charge is 0.363 e. The molecule has 1 unspecified atom stereocenters. The summed E-state index contributed by atoms with van der Waals surface area (Å²) < 4.78 is 0. The van der Waals surface area contributed by atoms with Crippen molar-refractivity contribution < 1.29 is 0 Å². The van der Waals surface area contributed by atoms with E-state index in [0.717, 1.165) is 25.2 Å². The highest BCUT2D eigenvalue weighted by Crippen LogP contribution is 2.30. The molecule has 0 aliphatic carbocycles. The monoisotopic (exact) mass is 277 g/mol. The Labute approximate surface area is 125 Å². The molecule has 1 N–H and O–H groups in total. The van der Waals surface area contributed by atoms with Gasteiger partial charge in [0.05, 0.1) is 17.7 Å². The fourth-order valence-electron chi connectivity index (χ4n) is 2.93. The van der Waals surface area contributed by atoms with Crippen LogP contribution in [0.25, 0.3) is 0 Å². The minimum atomic E-state index is 0.249. The Morgan fingerprint density at radius 3 is 2.90 bits per heavy atom. The Hall–Kier alpha value is -2.31. The molecule has 3 rings (SSSR count). The van der Waals surface area contributed by atoms with Crippen molar-refractivity contribution >= 4 is 5.69 Å². The first-order valence-electron chi connectivity index (χ1n) is 7.35. The average molecular weight is 277 g/mol. The number of fused-ring (bicyclic) bond motifs is 1. The summed E-state index contributed by atoms with van der Waals surface area (Å²) in [5, 5.41) is 12.6. The molecule has 2 aromatic rings. The maximum atomic E-state index is 9.08. The van der Waals surface area contributed by atoms with Gasteiger partial charge in [-0.3, -0.25) is 0 Å². The molecule has 0 fully saturated rings. The first-order chi connectivity index (χ1) is 10.3. The number of anilines is 1. The Morgan fingerprint density at radius 2 is 2.05 bits per heavy atom. The molecule has 1 heterocycles. The summed E-state index contributed by atoms with van der Waals surface area (Å²) in [4.78, 5) is 2.42. The number of benzene rings is 2. The molecule has 106 valence electrons. The maximum Gasteiger partial charge on any atom is 0.0991 e. The standard InChI is InChI=1S/C18H19N3/c1-14(16-7-4-5-15(11-16)12-19)21-10-9-20-13-17-6-2-3-8-18(17)21/h2-8,11,14,20H,9-10,13H2,1H3. The fourth-order valence-corrected chi connectivity index (χ4v) is 2.93. The van der Waals surface area contributed by atoms with Gasteiger partial charge in [0.2, 0.25) is 0 Å². The predicted octanol–water partition coefficient (Wildman–Crippen LogP) is 3.23. The van der Waals surface area contributed by atoms with Gasteiger partial charge >= 0.3 is 0 Å². The van der Waals surface area contributed by atoms with Crippen molar-refractivity contribution in [1.29, 1.82) is 5.26 Å². The highest BCUT2D eigenvalue weighted by atomic mass is 15.2. The molecule has 0 spiro atoms. The van der Waals surface area contributed by atoms with E-state index in [-0.39, 0.29) is 6.04 Å². The zero-order chi connectivity index (χ0) is 14.7. The van der Waals surface area contributed by atoms with Crippen molar-refractivity contribution in [2.75, 3.05) is 18.0 Å². The molecule has 0 aromatic heterocycles. The van der Waals surface area contributed by atoms with Gasteiger partial charge in [-0.1, -0.05) is 30.3 Å². The summed E-state index contributed by atoms with van der Waals surface area (Å²) in [5.74, 6) is 0. The van der Waals surface area contributed by atoms with E-state index in [1.807, 2.05) is 18.2 Å². The minimum Gasteiger partial charge on any atom is -0.363 e. The molecule has 3 heteroatoms. The topological polar surface area (TPSA) is 39.1 Å². The van der Waals surface area contributed by atoms with Crippen molar-refractivity contribution in [2.24, 2.45) is 0 Å². The van der Waals surface area contributed by atoms with E-state index in [1.165, 1.54) is 16.8 Å². The summed E-state index contributed by atoms with van der Waals surface area (Å²) in [6.45, 7) is 5.06. The third-order valence-electron chi connectivity index (χ3n) is 4.11. The molecular formula is C18H19N3. The molecule has 21 heavy (non-hydrogen) atoms. The van der Waals surface area contributed by atoms with Gasteiger partial charge in [0, 0.05) is 25.3 Å². The number of para-hydroxylation sites is 1. The Balaban J connectivity index is 1.97. The number of nitrogens with zero attached hydrogens (tertiary/aromatic N) is 2. The van der Waals surface area contributed by atoms with Gasteiger partial charge in [-0.05, 0) is 36.2 Å². The second-order valence-corrected chi connectivity index (χ2v) is 5.41. The fraction of sp³-hybridized carbons (Fsp3) is 0.278. The molecule has 1 atom stereocenters. The van der Waals surface area contributed by atoms with Crippen LogP contribution >= 0.6 is 0 Å². The number of rotatable bonds is 2. The number of nitrogens with one attached hydrogen (secondary N) is 1. The highest BCUT2D eigenvalue weighted by Gasteiger charge is 2.20. The van der Waals surface area contributed by atoms with Crippen LogP contribution in [0.1, 0.15) is 29.7 Å². The van der Waals surface area contributed by atoms with Crippen molar-refractivity contribution in [1.82, 2.24) is 5.32 Å². The van der Waals surface area contributed by atoms with Gasteiger partial charge in [0.25, 0.3) is 0 Å². The highest BCUT2D eigenvalue weighted by molar-refractivity contribution is 5.56. The first kappa shape index (κ1) is 13.7. The van der Waals surface area contributed by atoms with Crippen LogP contribution in [0.5, 0.6) is 0 Å². The molecule has 1 aliphatic heterocycles. The van der Waals surface area contributed by atoms with Crippen LogP contribution in [0.4, 0.5) is 5.69 Å². The zero-order valence-corrected chi connectivity index (χ0v) is 12.2. The Kier molecular flexibility index (Phi) is 3.89. The SMILES string of the molecule is CC(c1cccc(C#N)c1)N1CCNCc2ccccc21. The summed E-state index contributed by atoms with van der Waals surface area (Å²) in [5.41, 5.74) is 4.53. The lowest BCUT2D eigenvalue weighted by Gasteiger charge is -2.31. The predicted molar refractivity (Wildman–Crippen MR) is 85.1 cm³/mol. The number of nitriles is 1. The summed E-state index contributed by atoms with van der Waals surface area (Å²) in [6.07, 6.45) is 0. The lowest BCUT2D eigenvalue weighted by atomic mass is 10.0. The molecule has 0 amide bonds. The van der Waals surface area contributed by atoms with Crippen LogP contribution in [0.15, 0.2) is 48.5 Å². The second kappa shape index (κ2) is 5.99. The van der Waals surface area contributed by atoms with Crippen LogP contribution in [0.3, 0.4) is 0 Å². The summed E-state index contributed by atoms with van der Waals surface area (Å²) in [6, 6.07) is 18.9. The first-order valence-corrected chi connectivity index (χ1v) is 7.35. The summed E-state index contributed by atoms with van der Waals surface area (Å²) in [7, 11) is 0. The maximum absolute atomic E-state index is 9.08. The average Bonchev–Trinajstić information content (AvgIpc) is 2.76. The van der Waals surface area contributed by atoms with E-state index >= 15 is 0 Å². The summed E-state index contributed by atoms with van der Waals surface area (Å²) >= 11 is 0. The zero-order valence-electron chi connectivity index (χ0n) is 12.2. The molecule has 0 radical (unpaired) electrons. The van der Waals surface area contributed by atoms with E-state index in [4.69, 9.17) is 5.26 Å². The van der Waals surface area contributed by atoms with E-state index in [2.05, 4.69) is 53.5 Å². The van der Waals surface area contributed by atoms with E-state index in [1.54, 1.807) is 0 Å². The van der Waals surface area contributed by atoms with Crippen LogP contribution in [0.2, 0.25) is 0 Å². The van der Waals surface area contributed by atoms with Gasteiger partial charge in [0.15, 0.2) is 0 Å². The van der Waals surface area contributed by atoms with Crippen molar-refractivity contribution in [3.05, 3.63) is 65.2 Å². The molecule has 3 nitrogen and oxygen atoms in total. The lowest BCUT2D eigenvalue weighted by Crippen LogP contribution is -2.31. The third-order valence-corrected chi connectivity index (χ3v) is 4.11. The molecule has 0 saturated carbocycles. The lowest BCUT2D eigenvalue weighted by molar-refractivity contribution is 0.638. The molecule has 0 saturated heterocycles. The van der Waals surface area contributed by atoms with Gasteiger partial charge in [-0.25, -0.2) is 0 Å². The quantitative estimate of drug-likeness (QED) is 0.916. The molecule has 1 aliphatic rings. The van der Waals surface area contributed by atoms with Gasteiger partial charge in [-0.15, -0.1) is 0 Å². The smallest absolute Gasteiger partial charge is 0.0991 e. The van der Waals surface area contributed by atoms with Crippen LogP contribution in [0, 0.1) is 11.3 Å². The van der Waals surface area contributed by atoms with Crippen molar-refractivity contribution in [2.45, 2.75) is 19.5 Å². The Morgan fingerprint density at radius 1 is 1.19 bits per heavy atom. The number of hydrogen-bond acceptors (Lipinski definition) is 3. The second-order valence-electron chi connectivity index (χ2n) is 5.41. The van der Waals surface area contributed by atoms with Crippen molar-refractivity contribution in [3.8, 4) is 6.07 Å². The van der Waals surface area contributed by atoms with Gasteiger partial charge < -0.3 is 10.2 Å². The molecular weight excluding hydrogens is 258 g/mol. The van der Waals surface area contributed by atoms with Gasteiger partial charge in [-0.2, -0.15) is 5.26 Å². The van der Waals surface area contributed by atoms with Gasteiger partial charge in [0.1, 0.15) is 0 Å². The van der Waals surface area contributed by atoms with Crippen molar-refractivity contribution in [3.63, 3.8) is 0 Å². The van der Waals surface area contributed by atoms with E-state index < -0.39 is 0 Å². The molecule has 0 bridgehead atoms. The molecule has 2 aromatic carbocycles. The van der Waals surface area contributed by atoms with Crippen LogP contribution in [-0.2, 0) is 6.54 Å². The Bertz CT molecular complexity index is 672. The van der Waals surface area contributed by atoms with E-state index in [0.29, 0.717) is 0 Å². The van der Waals surface area contributed by atoms with E-state index in [9.17, 15) is 0 Å². The number of hydrogen-bond donors (Lipinski definition) is 1. The van der Waals surface area contributed by atoms with Crippen LogP contribution in [-0.4, -0.2) is 13.1 Å². The third kappa shape index (κ3) is 2.76.